The fraction of sp³-hybridized carbons (Fsp3) is 0.375. The summed E-state index contributed by atoms with van der Waals surface area (Å²) < 4.78 is 5.89. The summed E-state index contributed by atoms with van der Waals surface area (Å²) in [4.78, 5) is 27.5. The van der Waals surface area contributed by atoms with Crippen LogP contribution in [0.2, 0.25) is 0 Å². The molecule has 0 heterocycles. The van der Waals surface area contributed by atoms with E-state index in [1.165, 1.54) is 13.5 Å². The maximum absolute atomic E-state index is 11.5. The number of benzene rings is 2. The SMILES string of the molecule is C=O.C=O.CCC.CCCCNc1c(Oc2ccccc2)cc(C)cc1C(=O)O.CN. The highest BCUT2D eigenvalue weighted by Crippen LogP contribution is 2.34. The lowest BCUT2D eigenvalue weighted by Crippen LogP contribution is -2.09. The monoisotopic (exact) mass is 434 g/mol. The van der Waals surface area contributed by atoms with Gasteiger partial charge in [0.15, 0.2) is 5.75 Å². The summed E-state index contributed by atoms with van der Waals surface area (Å²) >= 11 is 0. The van der Waals surface area contributed by atoms with E-state index in [1.54, 1.807) is 6.07 Å². The van der Waals surface area contributed by atoms with Crippen LogP contribution in [0.3, 0.4) is 0 Å². The van der Waals surface area contributed by atoms with Crippen molar-refractivity contribution in [1.29, 1.82) is 0 Å². The zero-order valence-electron chi connectivity index (χ0n) is 19.4. The van der Waals surface area contributed by atoms with E-state index < -0.39 is 5.97 Å². The van der Waals surface area contributed by atoms with Gasteiger partial charge in [-0.05, 0) is 50.2 Å². The second kappa shape index (κ2) is 23.1. The number of nitrogens with two attached hydrogens (primary N) is 1. The summed E-state index contributed by atoms with van der Waals surface area (Å²) in [6.45, 7) is 12.9. The molecule has 31 heavy (non-hydrogen) atoms. The van der Waals surface area contributed by atoms with Crippen LogP contribution < -0.4 is 15.8 Å². The van der Waals surface area contributed by atoms with Gasteiger partial charge in [-0.25, -0.2) is 4.79 Å². The van der Waals surface area contributed by atoms with E-state index in [0.717, 1.165) is 18.4 Å². The van der Waals surface area contributed by atoms with E-state index >= 15 is 0 Å². The van der Waals surface area contributed by atoms with Gasteiger partial charge in [0.2, 0.25) is 0 Å². The smallest absolute Gasteiger partial charge is 0.337 e. The Balaban J connectivity index is -0.000000765. The lowest BCUT2D eigenvalue weighted by molar-refractivity contribution is -0.0987. The molecule has 0 aromatic heterocycles. The minimum absolute atomic E-state index is 0.238. The molecule has 0 radical (unpaired) electrons. The minimum Gasteiger partial charge on any atom is -0.478 e. The van der Waals surface area contributed by atoms with Crippen LogP contribution in [0, 0.1) is 6.92 Å². The molecule has 0 aliphatic heterocycles. The number of hydrogen-bond donors (Lipinski definition) is 3. The van der Waals surface area contributed by atoms with Crippen molar-refractivity contribution in [2.24, 2.45) is 5.73 Å². The highest BCUT2D eigenvalue weighted by Gasteiger charge is 2.16. The van der Waals surface area contributed by atoms with Crippen LogP contribution in [-0.4, -0.2) is 38.2 Å². The number of carbonyl (C=O) groups excluding carboxylic acids is 2. The number of carboxylic acids is 1. The Kier molecular flexibility index (Phi) is 24.2. The largest absolute Gasteiger partial charge is 0.478 e. The van der Waals surface area contributed by atoms with Gasteiger partial charge in [0.05, 0.1) is 11.3 Å². The molecule has 2 aromatic carbocycles. The summed E-state index contributed by atoms with van der Waals surface area (Å²) in [5.41, 5.74) is 6.13. The van der Waals surface area contributed by atoms with Gasteiger partial charge in [-0.3, -0.25) is 0 Å². The zero-order valence-corrected chi connectivity index (χ0v) is 19.4. The maximum atomic E-state index is 11.5. The number of nitrogens with one attached hydrogen (secondary N) is 1. The number of carboxylic acid groups (broad SMARTS) is 1. The van der Waals surface area contributed by atoms with Crippen molar-refractivity contribution < 1.29 is 24.2 Å². The maximum Gasteiger partial charge on any atom is 0.337 e. The predicted molar refractivity (Wildman–Crippen MR) is 128 cm³/mol. The van der Waals surface area contributed by atoms with Gasteiger partial charge in [-0.1, -0.05) is 51.8 Å². The predicted octanol–water partition coefficient (Wildman–Crippen LogP) is 5.32. The molecule has 0 amide bonds. The van der Waals surface area contributed by atoms with Crippen molar-refractivity contribution in [3.63, 3.8) is 0 Å². The topological polar surface area (TPSA) is 119 Å². The van der Waals surface area contributed by atoms with Crippen LogP contribution in [0.5, 0.6) is 11.5 Å². The van der Waals surface area contributed by atoms with E-state index in [9.17, 15) is 9.90 Å². The van der Waals surface area contributed by atoms with Gasteiger partial charge < -0.3 is 30.5 Å². The van der Waals surface area contributed by atoms with Gasteiger partial charge in [0.25, 0.3) is 0 Å². The molecule has 2 aromatic rings. The van der Waals surface area contributed by atoms with Crippen molar-refractivity contribution in [2.75, 3.05) is 18.9 Å². The molecule has 7 nitrogen and oxygen atoms in total. The van der Waals surface area contributed by atoms with Crippen LogP contribution in [0.25, 0.3) is 0 Å². The Morgan fingerprint density at radius 2 is 1.55 bits per heavy atom. The third-order valence-electron chi connectivity index (χ3n) is 3.28. The number of unbranched alkanes of at least 4 members (excludes halogenated alkanes) is 1. The number of rotatable bonds is 7. The normalized spacial score (nSPS) is 8.32. The zero-order chi connectivity index (χ0) is 24.7. The molecule has 0 unspecified atom stereocenters. The summed E-state index contributed by atoms with van der Waals surface area (Å²) in [6.07, 6.45) is 3.26. The first-order chi connectivity index (χ1) is 15.0. The van der Waals surface area contributed by atoms with E-state index in [4.69, 9.17) is 14.3 Å². The molecule has 0 saturated carbocycles. The van der Waals surface area contributed by atoms with E-state index in [-0.39, 0.29) is 5.56 Å². The Hall–Kier alpha value is -3.19. The standard InChI is InChI=1S/C18H21NO3.C3H8.CH5N.2CH2O/c1-3-4-10-19-17-15(18(20)21)11-13(2)12-16(17)22-14-8-6-5-7-9-14;1-3-2;3*1-2/h5-9,11-12,19H,3-4,10H2,1-2H3,(H,20,21);3H2,1-2H3;2H2,1H3;2*1H2. The van der Waals surface area contributed by atoms with Crippen molar-refractivity contribution >= 4 is 25.2 Å². The molecule has 0 atom stereocenters. The molecular formula is C24H38N2O5. The van der Waals surface area contributed by atoms with E-state index in [1.807, 2.05) is 56.9 Å². The highest BCUT2D eigenvalue weighted by molar-refractivity contribution is 5.96. The molecular weight excluding hydrogens is 396 g/mol. The number of aromatic carboxylic acids is 1. The Bertz CT molecular complexity index is 692. The van der Waals surface area contributed by atoms with Crippen LogP contribution >= 0.6 is 0 Å². The second-order valence-electron chi connectivity index (χ2n) is 5.89. The van der Waals surface area contributed by atoms with Crippen molar-refractivity contribution in [1.82, 2.24) is 0 Å². The first-order valence-electron chi connectivity index (χ1n) is 10.0. The molecule has 2 rings (SSSR count). The van der Waals surface area contributed by atoms with Gasteiger partial charge in [-0.2, -0.15) is 0 Å². The third kappa shape index (κ3) is 14.4. The fourth-order valence-corrected chi connectivity index (χ4v) is 2.19. The summed E-state index contributed by atoms with van der Waals surface area (Å²) in [7, 11) is 1.50. The lowest BCUT2D eigenvalue weighted by Gasteiger charge is -2.16. The first-order valence-corrected chi connectivity index (χ1v) is 10.0. The van der Waals surface area contributed by atoms with Gasteiger partial charge in [0, 0.05) is 6.54 Å². The van der Waals surface area contributed by atoms with Crippen molar-refractivity contribution in [3.8, 4) is 11.5 Å². The van der Waals surface area contributed by atoms with Crippen LogP contribution in [0.1, 0.15) is 56.0 Å². The minimum atomic E-state index is -0.958. The molecule has 4 N–H and O–H groups in total. The van der Waals surface area contributed by atoms with Crippen LogP contribution in [-0.2, 0) is 9.59 Å². The highest BCUT2D eigenvalue weighted by atomic mass is 16.5. The average molecular weight is 435 g/mol. The molecule has 0 aliphatic rings. The Morgan fingerprint density at radius 1 is 1.03 bits per heavy atom. The molecule has 7 heteroatoms. The van der Waals surface area contributed by atoms with Crippen molar-refractivity contribution in [2.45, 2.75) is 47.0 Å². The van der Waals surface area contributed by atoms with E-state index in [2.05, 4.69) is 31.8 Å². The summed E-state index contributed by atoms with van der Waals surface area (Å²) in [5, 5.41) is 12.6. The number of aryl methyl sites for hydroxylation is 1. The fourth-order valence-electron chi connectivity index (χ4n) is 2.19. The van der Waals surface area contributed by atoms with Gasteiger partial charge in [0.1, 0.15) is 19.3 Å². The molecule has 0 spiro atoms. The van der Waals surface area contributed by atoms with Gasteiger partial charge >= 0.3 is 5.97 Å². The lowest BCUT2D eigenvalue weighted by atomic mass is 10.1. The Labute approximate surface area is 186 Å². The summed E-state index contributed by atoms with van der Waals surface area (Å²) in [5.74, 6) is 0.267. The molecule has 174 valence electrons. The number of para-hydroxylation sites is 1. The van der Waals surface area contributed by atoms with E-state index in [0.29, 0.717) is 23.7 Å². The number of anilines is 1. The molecule has 0 saturated heterocycles. The third-order valence-corrected chi connectivity index (χ3v) is 3.28. The number of hydrogen-bond acceptors (Lipinski definition) is 6. The van der Waals surface area contributed by atoms with Crippen LogP contribution in [0.15, 0.2) is 42.5 Å². The summed E-state index contributed by atoms with van der Waals surface area (Å²) in [6, 6.07) is 12.9. The quantitative estimate of drug-likeness (QED) is 0.505. The van der Waals surface area contributed by atoms with Crippen LogP contribution in [0.4, 0.5) is 5.69 Å². The molecule has 0 bridgehead atoms. The molecule has 0 fully saturated rings. The Morgan fingerprint density at radius 3 is 2.00 bits per heavy atom. The second-order valence-corrected chi connectivity index (χ2v) is 5.89. The number of carbonyl (C=O) groups is 3. The molecule has 0 aliphatic carbocycles. The van der Waals surface area contributed by atoms with Gasteiger partial charge in [-0.15, -0.1) is 0 Å². The first kappa shape index (κ1) is 32.5. The number of ether oxygens (including phenoxy) is 1. The average Bonchev–Trinajstić information content (AvgIpc) is 2.80. The van der Waals surface area contributed by atoms with Crippen molar-refractivity contribution in [3.05, 3.63) is 53.6 Å².